The largest absolute Gasteiger partial charge is 0.458 e. The van der Waals surface area contributed by atoms with Crippen molar-refractivity contribution in [2.24, 2.45) is 52.3 Å². The van der Waals surface area contributed by atoms with Gasteiger partial charge >= 0.3 is 5.97 Å². The van der Waals surface area contributed by atoms with Crippen molar-refractivity contribution in [3.63, 3.8) is 0 Å². The fraction of sp³-hybridized carbons (Fsp3) is 0.743. The molecule has 0 heterocycles. The van der Waals surface area contributed by atoms with Crippen LogP contribution in [0.15, 0.2) is 42.0 Å². The minimum atomic E-state index is -0.161. The first kappa shape index (κ1) is 27.0. The molecule has 37 heavy (non-hydrogen) atoms. The van der Waals surface area contributed by atoms with Gasteiger partial charge in [0, 0.05) is 6.42 Å². The van der Waals surface area contributed by atoms with Crippen LogP contribution in [0, 0.1) is 52.3 Å². The fourth-order valence-electron chi connectivity index (χ4n) is 9.56. The third kappa shape index (κ3) is 4.96. The van der Waals surface area contributed by atoms with Gasteiger partial charge in [-0.1, -0.05) is 84.2 Å². The lowest BCUT2D eigenvalue weighted by Gasteiger charge is -2.58. The van der Waals surface area contributed by atoms with E-state index in [2.05, 4.69) is 47.6 Å². The highest BCUT2D eigenvalue weighted by Crippen LogP contribution is 2.67. The summed E-state index contributed by atoms with van der Waals surface area (Å²) in [5.74, 6) is 5.80. The summed E-state index contributed by atoms with van der Waals surface area (Å²) in [4.78, 5) is 12.7. The molecule has 0 radical (unpaired) electrons. The number of rotatable bonds is 7. The monoisotopic (exact) mass is 504 g/mol. The normalized spacial score (nSPS) is 38.7. The Morgan fingerprint density at radius 3 is 2.43 bits per heavy atom. The molecule has 0 saturated heterocycles. The van der Waals surface area contributed by atoms with E-state index in [9.17, 15) is 4.79 Å². The third-order valence-electron chi connectivity index (χ3n) is 12.3. The van der Waals surface area contributed by atoms with Gasteiger partial charge in [0.05, 0.1) is 5.56 Å². The molecule has 2 heteroatoms. The Labute approximate surface area is 227 Å². The van der Waals surface area contributed by atoms with E-state index in [1.54, 1.807) is 5.57 Å². The van der Waals surface area contributed by atoms with Gasteiger partial charge in [0.1, 0.15) is 6.10 Å². The molecule has 2 nitrogen and oxygen atoms in total. The maximum absolute atomic E-state index is 12.7. The van der Waals surface area contributed by atoms with Crippen molar-refractivity contribution in [2.75, 3.05) is 0 Å². The highest BCUT2D eigenvalue weighted by Gasteiger charge is 2.59. The number of carbonyl (C=O) groups excluding carboxylic acids is 1. The van der Waals surface area contributed by atoms with Crippen molar-refractivity contribution in [3.8, 4) is 0 Å². The van der Waals surface area contributed by atoms with E-state index in [0.29, 0.717) is 16.4 Å². The molecule has 0 bridgehead atoms. The van der Waals surface area contributed by atoms with Crippen LogP contribution < -0.4 is 0 Å². The number of allylic oxidation sites excluding steroid dienone is 1. The minimum Gasteiger partial charge on any atom is -0.458 e. The highest BCUT2D eigenvalue weighted by molar-refractivity contribution is 5.89. The van der Waals surface area contributed by atoms with E-state index in [1.807, 2.05) is 30.3 Å². The van der Waals surface area contributed by atoms with Gasteiger partial charge in [0.2, 0.25) is 0 Å². The summed E-state index contributed by atoms with van der Waals surface area (Å²) in [6.45, 7) is 15.1. The number of hydrogen-bond acceptors (Lipinski definition) is 2. The molecule has 3 saturated carbocycles. The predicted molar refractivity (Wildman–Crippen MR) is 153 cm³/mol. The van der Waals surface area contributed by atoms with Gasteiger partial charge in [-0.25, -0.2) is 4.79 Å². The van der Waals surface area contributed by atoms with Gasteiger partial charge < -0.3 is 4.74 Å². The van der Waals surface area contributed by atoms with Crippen LogP contribution in [0.1, 0.15) is 116 Å². The zero-order valence-electron chi connectivity index (χ0n) is 24.5. The predicted octanol–water partition coefficient (Wildman–Crippen LogP) is 9.50. The average molecular weight is 505 g/mol. The highest BCUT2D eigenvalue weighted by atomic mass is 16.5. The number of esters is 1. The zero-order valence-corrected chi connectivity index (χ0v) is 24.5. The summed E-state index contributed by atoms with van der Waals surface area (Å²) < 4.78 is 6.01. The lowest BCUT2D eigenvalue weighted by Crippen LogP contribution is -2.51. The van der Waals surface area contributed by atoms with E-state index in [1.165, 1.54) is 51.4 Å². The Bertz CT molecular complexity index is 978. The van der Waals surface area contributed by atoms with Crippen molar-refractivity contribution in [2.45, 2.75) is 112 Å². The molecular formula is C35H52O2. The third-order valence-corrected chi connectivity index (χ3v) is 12.3. The number of carbonyl (C=O) groups is 1. The summed E-state index contributed by atoms with van der Waals surface area (Å²) in [6, 6.07) is 9.49. The number of hydrogen-bond donors (Lipinski definition) is 0. The van der Waals surface area contributed by atoms with Crippen molar-refractivity contribution in [1.82, 2.24) is 0 Å². The van der Waals surface area contributed by atoms with Crippen LogP contribution in [0.5, 0.6) is 0 Å². The summed E-state index contributed by atoms with van der Waals surface area (Å²) in [5.41, 5.74) is 3.10. The molecule has 0 aromatic heterocycles. The SMILES string of the molecule is CC(C)[C@@H](C)CC[C@@H](C)[C@H]1CC[C@@H]2[C@H]3CC=C4C[C@@H](OC(=O)c5ccccc5)CC[C@]4(C)[C@@H]3CC[C@]21C. The van der Waals surface area contributed by atoms with Gasteiger partial charge in [-0.2, -0.15) is 0 Å². The van der Waals surface area contributed by atoms with Gasteiger partial charge in [-0.15, -0.1) is 0 Å². The second kappa shape index (κ2) is 10.5. The van der Waals surface area contributed by atoms with E-state index in [0.717, 1.165) is 54.3 Å². The first-order valence-corrected chi connectivity index (χ1v) is 15.6. The standard InChI is InChI=1S/C35H52O2/c1-23(2)24(3)12-13-25(4)30-16-17-31-29-15-14-27-22-28(37-33(36)26-10-8-7-9-11-26)18-20-34(27,5)32(29)19-21-35(30,31)6/h7-11,14,23-25,28-32H,12-13,15-22H2,1-6H3/t24-,25+,28-,29+,30+,31+,32+,34-,35-/m0/s1. The van der Waals surface area contributed by atoms with Crippen LogP contribution in [-0.2, 0) is 4.74 Å². The van der Waals surface area contributed by atoms with E-state index in [4.69, 9.17) is 4.74 Å². The second-order valence-electron chi connectivity index (χ2n) is 14.4. The molecule has 0 aliphatic heterocycles. The van der Waals surface area contributed by atoms with E-state index in [-0.39, 0.29) is 12.1 Å². The lowest BCUT2D eigenvalue weighted by molar-refractivity contribution is -0.0596. The minimum absolute atomic E-state index is 0.0300. The van der Waals surface area contributed by atoms with Gasteiger partial charge in [0.15, 0.2) is 0 Å². The smallest absolute Gasteiger partial charge is 0.338 e. The van der Waals surface area contributed by atoms with Crippen LogP contribution in [0.2, 0.25) is 0 Å². The van der Waals surface area contributed by atoms with Gasteiger partial charge in [-0.05, 0) is 109 Å². The van der Waals surface area contributed by atoms with Crippen LogP contribution in [-0.4, -0.2) is 12.1 Å². The summed E-state index contributed by atoms with van der Waals surface area (Å²) in [7, 11) is 0. The Kier molecular flexibility index (Phi) is 7.69. The van der Waals surface area contributed by atoms with Crippen LogP contribution in [0.25, 0.3) is 0 Å². The van der Waals surface area contributed by atoms with Gasteiger partial charge in [-0.3, -0.25) is 0 Å². The maximum atomic E-state index is 12.7. The molecule has 0 unspecified atom stereocenters. The number of fused-ring (bicyclic) bond motifs is 5. The topological polar surface area (TPSA) is 26.3 Å². The van der Waals surface area contributed by atoms with Crippen LogP contribution >= 0.6 is 0 Å². The Hall–Kier alpha value is -1.57. The summed E-state index contributed by atoms with van der Waals surface area (Å²) >= 11 is 0. The summed E-state index contributed by atoms with van der Waals surface area (Å²) in [6.07, 6.45) is 15.5. The van der Waals surface area contributed by atoms with Crippen molar-refractivity contribution < 1.29 is 9.53 Å². The average Bonchev–Trinajstić information content (AvgIpc) is 3.25. The second-order valence-corrected chi connectivity index (χ2v) is 14.4. The Morgan fingerprint density at radius 2 is 1.70 bits per heavy atom. The molecule has 0 N–H and O–H groups in total. The molecular weight excluding hydrogens is 452 g/mol. The molecule has 4 aliphatic rings. The van der Waals surface area contributed by atoms with Crippen molar-refractivity contribution >= 4 is 5.97 Å². The molecule has 9 atom stereocenters. The van der Waals surface area contributed by atoms with Crippen LogP contribution in [0.3, 0.4) is 0 Å². The van der Waals surface area contributed by atoms with Gasteiger partial charge in [0.25, 0.3) is 0 Å². The molecule has 4 aliphatic carbocycles. The molecule has 1 aromatic carbocycles. The summed E-state index contributed by atoms with van der Waals surface area (Å²) in [5, 5.41) is 0. The number of benzene rings is 1. The Balaban J connectivity index is 1.25. The molecule has 204 valence electrons. The van der Waals surface area contributed by atoms with Crippen molar-refractivity contribution in [3.05, 3.63) is 47.5 Å². The van der Waals surface area contributed by atoms with Crippen molar-refractivity contribution in [1.29, 1.82) is 0 Å². The van der Waals surface area contributed by atoms with E-state index < -0.39 is 0 Å². The lowest BCUT2D eigenvalue weighted by atomic mass is 9.47. The molecule has 5 rings (SSSR count). The molecule has 0 spiro atoms. The maximum Gasteiger partial charge on any atom is 0.338 e. The molecule has 1 aromatic rings. The quantitative estimate of drug-likeness (QED) is 0.273. The molecule has 0 amide bonds. The van der Waals surface area contributed by atoms with Crippen LogP contribution in [0.4, 0.5) is 0 Å². The number of ether oxygens (including phenoxy) is 1. The molecule has 3 fully saturated rings. The fourth-order valence-corrected chi connectivity index (χ4v) is 9.56. The zero-order chi connectivity index (χ0) is 26.4. The first-order chi connectivity index (χ1) is 17.6. The first-order valence-electron chi connectivity index (χ1n) is 15.6. The van der Waals surface area contributed by atoms with E-state index >= 15 is 0 Å². The Morgan fingerprint density at radius 1 is 0.946 bits per heavy atom.